The van der Waals surface area contributed by atoms with Crippen LogP contribution in [-0.4, -0.2) is 29.5 Å². The van der Waals surface area contributed by atoms with Crippen molar-refractivity contribution in [1.29, 1.82) is 0 Å². The van der Waals surface area contributed by atoms with Crippen LogP contribution < -0.4 is 5.32 Å². The van der Waals surface area contributed by atoms with E-state index in [2.05, 4.69) is 23.5 Å². The molecule has 3 heterocycles. The average Bonchev–Trinajstić information content (AvgIpc) is 2.85. The molecule has 2 saturated heterocycles. The molecule has 0 radical (unpaired) electrons. The summed E-state index contributed by atoms with van der Waals surface area (Å²) in [6, 6.07) is 0.459. The molecule has 0 bridgehead atoms. The van der Waals surface area contributed by atoms with Gasteiger partial charge in [0.05, 0.1) is 12.8 Å². The standard InChI is InChI=1S/C11H17N3O/c1-2-14-6-9(5-13-14)10-11(7-12-10)3-4-15-8-11/h5-6,10,12H,2-4,7-8H2,1H3/t10-,11+/m1/s1. The maximum absolute atomic E-state index is 5.52. The molecule has 2 fully saturated rings. The van der Waals surface area contributed by atoms with Gasteiger partial charge >= 0.3 is 0 Å². The first kappa shape index (κ1) is 9.36. The van der Waals surface area contributed by atoms with Gasteiger partial charge in [0.1, 0.15) is 0 Å². The topological polar surface area (TPSA) is 39.1 Å². The Morgan fingerprint density at radius 3 is 3.20 bits per heavy atom. The van der Waals surface area contributed by atoms with Crippen molar-refractivity contribution < 1.29 is 4.74 Å². The lowest BCUT2D eigenvalue weighted by Gasteiger charge is -2.46. The van der Waals surface area contributed by atoms with Crippen molar-refractivity contribution in [3.8, 4) is 0 Å². The Kier molecular flexibility index (Phi) is 2.07. The van der Waals surface area contributed by atoms with Gasteiger partial charge in [0, 0.05) is 42.9 Å². The normalized spacial score (nSPS) is 34.6. The van der Waals surface area contributed by atoms with Crippen LogP contribution in [-0.2, 0) is 11.3 Å². The third-order valence-corrected chi connectivity index (χ3v) is 3.71. The van der Waals surface area contributed by atoms with Crippen molar-refractivity contribution in [2.45, 2.75) is 25.9 Å². The second-order valence-corrected chi connectivity index (χ2v) is 4.61. The number of hydrogen-bond acceptors (Lipinski definition) is 3. The van der Waals surface area contributed by atoms with Gasteiger partial charge in [-0.25, -0.2) is 0 Å². The lowest BCUT2D eigenvalue weighted by Crippen LogP contribution is -2.56. The predicted octanol–water partition coefficient (Wildman–Crippen LogP) is 0.954. The number of hydrogen-bond donors (Lipinski definition) is 1. The number of nitrogens with zero attached hydrogens (tertiary/aromatic N) is 2. The van der Waals surface area contributed by atoms with E-state index in [9.17, 15) is 0 Å². The number of aromatic nitrogens is 2. The molecule has 0 amide bonds. The van der Waals surface area contributed by atoms with Gasteiger partial charge in [-0.3, -0.25) is 4.68 Å². The molecular weight excluding hydrogens is 190 g/mol. The zero-order valence-electron chi connectivity index (χ0n) is 9.07. The first-order valence-corrected chi connectivity index (χ1v) is 5.67. The number of aryl methyl sites for hydroxylation is 1. The fourth-order valence-electron chi connectivity index (χ4n) is 2.66. The van der Waals surface area contributed by atoms with Crippen LogP contribution in [0.4, 0.5) is 0 Å². The van der Waals surface area contributed by atoms with Crippen LogP contribution in [0.15, 0.2) is 12.4 Å². The van der Waals surface area contributed by atoms with Gasteiger partial charge in [-0.15, -0.1) is 0 Å². The monoisotopic (exact) mass is 207 g/mol. The molecule has 1 spiro atoms. The molecule has 1 N–H and O–H groups in total. The van der Waals surface area contributed by atoms with Gasteiger partial charge in [-0.1, -0.05) is 0 Å². The Labute approximate surface area is 89.6 Å². The summed E-state index contributed by atoms with van der Waals surface area (Å²) in [6.45, 7) is 5.96. The third-order valence-electron chi connectivity index (χ3n) is 3.71. The van der Waals surface area contributed by atoms with Crippen LogP contribution in [0.5, 0.6) is 0 Å². The van der Waals surface area contributed by atoms with Crippen molar-refractivity contribution in [3.05, 3.63) is 18.0 Å². The Balaban J connectivity index is 1.82. The van der Waals surface area contributed by atoms with E-state index >= 15 is 0 Å². The molecule has 0 aromatic carbocycles. The van der Waals surface area contributed by atoms with Crippen LogP contribution in [0.25, 0.3) is 0 Å². The molecule has 3 rings (SSSR count). The van der Waals surface area contributed by atoms with Gasteiger partial charge in [-0.05, 0) is 13.3 Å². The molecular formula is C11H17N3O. The number of ether oxygens (including phenoxy) is 1. The Bertz CT molecular complexity index is 354. The summed E-state index contributed by atoms with van der Waals surface area (Å²) >= 11 is 0. The second-order valence-electron chi connectivity index (χ2n) is 4.61. The summed E-state index contributed by atoms with van der Waals surface area (Å²) in [4.78, 5) is 0. The van der Waals surface area contributed by atoms with E-state index in [1.165, 1.54) is 12.0 Å². The Morgan fingerprint density at radius 2 is 2.67 bits per heavy atom. The quantitative estimate of drug-likeness (QED) is 0.785. The summed E-state index contributed by atoms with van der Waals surface area (Å²) < 4.78 is 7.50. The van der Waals surface area contributed by atoms with E-state index in [4.69, 9.17) is 4.74 Å². The maximum atomic E-state index is 5.52. The molecule has 2 aliphatic rings. The highest BCUT2D eigenvalue weighted by Crippen LogP contribution is 2.46. The molecule has 4 nitrogen and oxygen atoms in total. The van der Waals surface area contributed by atoms with Crippen molar-refractivity contribution in [3.63, 3.8) is 0 Å². The number of nitrogens with one attached hydrogen (secondary N) is 1. The summed E-state index contributed by atoms with van der Waals surface area (Å²) in [6.07, 6.45) is 5.32. The van der Waals surface area contributed by atoms with Gasteiger partial charge < -0.3 is 10.1 Å². The largest absolute Gasteiger partial charge is 0.381 e. The predicted molar refractivity (Wildman–Crippen MR) is 56.5 cm³/mol. The molecule has 2 aliphatic heterocycles. The third kappa shape index (κ3) is 1.32. The zero-order valence-corrected chi connectivity index (χ0v) is 9.07. The van der Waals surface area contributed by atoms with E-state index in [1.54, 1.807) is 0 Å². The summed E-state index contributed by atoms with van der Waals surface area (Å²) in [5, 5.41) is 7.83. The van der Waals surface area contributed by atoms with E-state index in [0.29, 0.717) is 11.5 Å². The fourth-order valence-corrected chi connectivity index (χ4v) is 2.66. The highest BCUT2D eigenvalue weighted by molar-refractivity contribution is 5.21. The van der Waals surface area contributed by atoms with Crippen molar-refractivity contribution in [2.75, 3.05) is 19.8 Å². The number of rotatable bonds is 2. The van der Waals surface area contributed by atoms with Gasteiger partial charge in [0.25, 0.3) is 0 Å². The van der Waals surface area contributed by atoms with Crippen LogP contribution >= 0.6 is 0 Å². The average molecular weight is 207 g/mol. The molecule has 4 heteroatoms. The van der Waals surface area contributed by atoms with Crippen molar-refractivity contribution in [2.24, 2.45) is 5.41 Å². The SMILES string of the molecule is CCn1cc([C@H]2NC[C@]23CCOC3)cn1. The second kappa shape index (κ2) is 3.32. The molecule has 2 atom stereocenters. The van der Waals surface area contributed by atoms with E-state index < -0.39 is 0 Å². The molecule has 0 aliphatic carbocycles. The lowest BCUT2D eigenvalue weighted by atomic mass is 9.71. The molecule has 1 aromatic heterocycles. The Morgan fingerprint density at radius 1 is 1.73 bits per heavy atom. The Hall–Kier alpha value is -0.870. The van der Waals surface area contributed by atoms with E-state index in [0.717, 1.165) is 26.3 Å². The molecule has 15 heavy (non-hydrogen) atoms. The molecule has 82 valence electrons. The molecule has 0 saturated carbocycles. The first-order chi connectivity index (χ1) is 7.34. The lowest BCUT2D eigenvalue weighted by molar-refractivity contribution is 0.0577. The van der Waals surface area contributed by atoms with Crippen molar-refractivity contribution >= 4 is 0 Å². The summed E-state index contributed by atoms with van der Waals surface area (Å²) in [7, 11) is 0. The van der Waals surface area contributed by atoms with Crippen LogP contribution in [0.2, 0.25) is 0 Å². The zero-order chi connectivity index (χ0) is 10.3. The smallest absolute Gasteiger partial charge is 0.0553 e. The highest BCUT2D eigenvalue weighted by atomic mass is 16.5. The van der Waals surface area contributed by atoms with Crippen LogP contribution in [0, 0.1) is 5.41 Å². The van der Waals surface area contributed by atoms with Gasteiger partial charge in [0.15, 0.2) is 0 Å². The van der Waals surface area contributed by atoms with Crippen LogP contribution in [0.3, 0.4) is 0 Å². The minimum Gasteiger partial charge on any atom is -0.381 e. The summed E-state index contributed by atoms with van der Waals surface area (Å²) in [5.74, 6) is 0. The fraction of sp³-hybridized carbons (Fsp3) is 0.727. The van der Waals surface area contributed by atoms with Gasteiger partial charge in [0.2, 0.25) is 0 Å². The van der Waals surface area contributed by atoms with E-state index in [1.807, 2.05) is 10.9 Å². The maximum Gasteiger partial charge on any atom is 0.0553 e. The first-order valence-electron chi connectivity index (χ1n) is 5.67. The highest BCUT2D eigenvalue weighted by Gasteiger charge is 2.50. The minimum absolute atomic E-state index is 0.363. The van der Waals surface area contributed by atoms with E-state index in [-0.39, 0.29) is 0 Å². The molecule has 0 unspecified atom stereocenters. The summed E-state index contributed by atoms with van der Waals surface area (Å²) in [5.41, 5.74) is 1.68. The minimum atomic E-state index is 0.363. The van der Waals surface area contributed by atoms with Crippen molar-refractivity contribution in [1.82, 2.24) is 15.1 Å². The molecule has 1 aromatic rings. The van der Waals surface area contributed by atoms with Crippen LogP contribution in [0.1, 0.15) is 24.9 Å². The van der Waals surface area contributed by atoms with Gasteiger partial charge in [-0.2, -0.15) is 5.10 Å².